The van der Waals surface area contributed by atoms with Crippen molar-refractivity contribution in [1.82, 2.24) is 59.8 Å². The summed E-state index contributed by atoms with van der Waals surface area (Å²) in [6.45, 7) is 0.612. The van der Waals surface area contributed by atoms with Crippen molar-refractivity contribution in [2.24, 2.45) is 0 Å². The number of carboxylic acids is 2. The molecule has 20 nitrogen and oxygen atoms in total. The van der Waals surface area contributed by atoms with Crippen LogP contribution in [-0.4, -0.2) is 84.9 Å². The summed E-state index contributed by atoms with van der Waals surface area (Å²) in [5.41, 5.74) is 9.29. The second-order valence-corrected chi connectivity index (χ2v) is 17.2. The van der Waals surface area contributed by atoms with Crippen molar-refractivity contribution in [2.75, 3.05) is 0 Å². The molecular formula is C62H44F6N12O8P2Ru2. The number of aromatic nitrogens is 12. The Bertz CT molecular complexity index is 4190. The number of carboxylic acid groups (broad SMARTS) is 2. The number of nitrogens with zero attached hydrogens (tertiary/aromatic N) is 12. The van der Waals surface area contributed by atoms with Gasteiger partial charge in [-0.25, -0.2) is 9.59 Å². The Labute approximate surface area is 546 Å². The molecule has 14 rings (SSSR count). The first-order chi connectivity index (χ1) is 44.2. The van der Waals surface area contributed by atoms with Gasteiger partial charge in [-0.1, -0.05) is 109 Å². The molecule has 468 valence electrons. The Kier molecular flexibility index (Phi) is 31.9. The van der Waals surface area contributed by atoms with E-state index in [0.717, 1.165) is 65.7 Å². The van der Waals surface area contributed by atoms with E-state index in [4.69, 9.17) is 37.7 Å². The molecule has 2 atom stereocenters. The van der Waals surface area contributed by atoms with E-state index >= 15 is 0 Å². The number of aromatic carboxylic acids is 2. The van der Waals surface area contributed by atoms with E-state index in [9.17, 15) is 19.2 Å². The minimum absolute atomic E-state index is 0. The number of rotatable bonds is 9. The largest absolute Gasteiger partial charge is 1.00 e. The van der Waals surface area contributed by atoms with Gasteiger partial charge in [0.05, 0.1) is 56.0 Å². The minimum Gasteiger partial charge on any atom is -0.478 e. The summed E-state index contributed by atoms with van der Waals surface area (Å²) in [7, 11) is 4.67. The van der Waals surface area contributed by atoms with Crippen molar-refractivity contribution in [3.8, 4) is 45.9 Å². The van der Waals surface area contributed by atoms with E-state index in [-0.39, 0.29) is 50.1 Å². The zero-order valence-corrected chi connectivity index (χ0v) is 52.6. The molecule has 0 amide bonds. The van der Waals surface area contributed by atoms with Crippen molar-refractivity contribution in [1.29, 1.82) is 0 Å². The Morgan fingerprint density at radius 2 is 0.674 bits per heavy atom. The smallest absolute Gasteiger partial charge is 0.478 e. The van der Waals surface area contributed by atoms with Gasteiger partial charge < -0.3 is 39.6 Å². The maximum atomic E-state index is 10.8. The Morgan fingerprint density at radius 3 is 0.967 bits per heavy atom. The molecule has 92 heavy (non-hydrogen) atoms. The van der Waals surface area contributed by atoms with Crippen LogP contribution in [-0.2, 0) is 48.5 Å². The Morgan fingerprint density at radius 1 is 0.380 bits per heavy atom. The third-order valence-corrected chi connectivity index (χ3v) is 11.9. The van der Waals surface area contributed by atoms with E-state index in [2.05, 4.69) is 136 Å². The maximum absolute atomic E-state index is 10.8. The van der Waals surface area contributed by atoms with Crippen molar-refractivity contribution in [3.63, 3.8) is 0 Å². The molecular weight excluding hydrogens is 1420 g/mol. The number of fused-ring (bicyclic) bond motifs is 8. The number of benzene rings is 4. The second-order valence-electron chi connectivity index (χ2n) is 17.2. The van der Waals surface area contributed by atoms with Gasteiger partial charge in [0.25, 0.3) is 12.9 Å². The molecule has 2 radical (unpaired) electrons. The molecule has 0 fully saturated rings. The standard InChI is InChI=1S/C14H8N4.2C12H8N2O4.2C12H8N2.3F2.H4P2.2Ru/c1-2-6-10-9(5-1)15-13(16-10)14-17-11-7-3-4-8-12(11)18-14;2*15-7-18-9-2-4-14-11(6-9)10-5-8(12(16)17)1-3-13-10;2*1-3-9-5-6-10-4-2-8-14-12(10)11(9)13-7-1;4*1-2;;/h1-8H;2*1-7H,(H,16,17);2*1-8H;;;;1-2H2;;/q-2;;;;;;;;;2*+1. The topological polar surface area (TPSA) is 284 Å². The number of imidazole rings is 2. The van der Waals surface area contributed by atoms with E-state index in [0.29, 0.717) is 58.9 Å². The van der Waals surface area contributed by atoms with Gasteiger partial charge in [-0.2, -0.15) is 0 Å². The summed E-state index contributed by atoms with van der Waals surface area (Å²) in [6, 6.07) is 51.4. The van der Waals surface area contributed by atoms with Gasteiger partial charge in [0, 0.05) is 111 Å². The molecule has 0 aliphatic rings. The fraction of sp³-hybridized carbons (Fsp3) is 0. The molecule has 2 unspecified atom stereocenters. The molecule has 0 bridgehead atoms. The average Bonchev–Trinajstić information content (AvgIpc) is 1.36. The molecule has 10 heterocycles. The van der Waals surface area contributed by atoms with Crippen molar-refractivity contribution < 1.29 is 105 Å². The number of para-hydroxylation sites is 4. The molecule has 0 aliphatic heterocycles. The van der Waals surface area contributed by atoms with Crippen LogP contribution < -0.4 is 19.4 Å². The summed E-state index contributed by atoms with van der Waals surface area (Å²) in [5.74, 6) is -0.271. The Hall–Kier alpha value is -10.4. The van der Waals surface area contributed by atoms with E-state index in [1.807, 2.05) is 72.8 Å². The van der Waals surface area contributed by atoms with Crippen LogP contribution in [0.4, 0.5) is 27.4 Å². The van der Waals surface area contributed by atoms with Crippen LogP contribution in [0, 0.1) is 0 Å². The normalized spacial score (nSPS) is 9.61. The first-order valence-corrected chi connectivity index (χ1v) is 28.1. The van der Waals surface area contributed by atoms with Crippen LogP contribution >= 0.6 is 17.9 Å². The maximum Gasteiger partial charge on any atom is 1.00 e. The zero-order chi connectivity index (χ0) is 64.6. The molecule has 30 heteroatoms. The van der Waals surface area contributed by atoms with Crippen LogP contribution in [0.3, 0.4) is 0 Å². The minimum atomic E-state index is -1.04. The quantitative estimate of drug-likeness (QED) is 0.0446. The first kappa shape index (κ1) is 74.1. The SMILES string of the molecule is FF.FF.FF.O=COc1ccnc(-c2cc(C(=O)O)ccn2)c1.O=COc1ccnc(-c2cc(C(=O)O)ccn2)c1.PP.[Ru+].[Ru+].c1ccc2[n-]c(-c3nc4ccccc4[n-]3)nc2c1.c1cnc2c(c1)ccc1cccnc12.c1cnc2c(c1)ccc1cccnc12. The summed E-state index contributed by atoms with van der Waals surface area (Å²) in [6.07, 6.45) is 12.9. The number of carbonyl (C=O) groups excluding carboxylic acids is 2. The van der Waals surface area contributed by atoms with Crippen molar-refractivity contribution >= 4 is 108 Å². The number of pyridine rings is 8. The summed E-state index contributed by atoms with van der Waals surface area (Å²) in [5, 5.41) is 22.3. The molecule has 0 saturated carbocycles. The van der Waals surface area contributed by atoms with Gasteiger partial charge in [-0.3, -0.25) is 49.5 Å². The Balaban J connectivity index is 0.000000238. The monoisotopic (exact) mass is 1460 g/mol. The van der Waals surface area contributed by atoms with Crippen LogP contribution in [0.2, 0.25) is 0 Å². The van der Waals surface area contributed by atoms with Crippen LogP contribution in [0.25, 0.3) is 100 Å². The molecule has 10 aromatic heterocycles. The third-order valence-electron chi connectivity index (χ3n) is 11.9. The van der Waals surface area contributed by atoms with Gasteiger partial charge in [-0.05, 0) is 82.7 Å². The van der Waals surface area contributed by atoms with E-state index < -0.39 is 11.9 Å². The summed E-state index contributed by atoms with van der Waals surface area (Å²) >= 11 is 0. The fourth-order valence-corrected chi connectivity index (χ4v) is 8.14. The molecule has 4 aromatic carbocycles. The fourth-order valence-electron chi connectivity index (χ4n) is 8.14. The number of ether oxygens (including phenoxy) is 2. The van der Waals surface area contributed by atoms with Crippen LogP contribution in [0.15, 0.2) is 219 Å². The second kappa shape index (κ2) is 39.6. The molecule has 0 saturated heterocycles. The van der Waals surface area contributed by atoms with Crippen molar-refractivity contribution in [2.45, 2.75) is 0 Å². The van der Waals surface area contributed by atoms with Crippen LogP contribution in [0.5, 0.6) is 11.5 Å². The molecule has 14 aromatic rings. The average molecular weight is 1460 g/mol. The van der Waals surface area contributed by atoms with Crippen molar-refractivity contribution in [3.05, 3.63) is 231 Å². The van der Waals surface area contributed by atoms with Gasteiger partial charge in [-0.15, -0.1) is 17.9 Å². The number of hydrogen-bond donors (Lipinski definition) is 2. The summed E-state index contributed by atoms with van der Waals surface area (Å²) in [4.78, 5) is 93.4. The number of hydrogen-bond acceptors (Lipinski definition) is 16. The van der Waals surface area contributed by atoms with Crippen LogP contribution in [0.1, 0.15) is 20.7 Å². The van der Waals surface area contributed by atoms with Gasteiger partial charge in [0.1, 0.15) is 11.5 Å². The predicted molar refractivity (Wildman–Crippen MR) is 332 cm³/mol. The number of carbonyl (C=O) groups is 4. The van der Waals surface area contributed by atoms with Gasteiger partial charge in [0.2, 0.25) is 0 Å². The van der Waals surface area contributed by atoms with Gasteiger partial charge >= 0.3 is 50.9 Å². The van der Waals surface area contributed by atoms with E-state index in [1.54, 1.807) is 24.8 Å². The molecule has 0 spiro atoms. The summed E-state index contributed by atoms with van der Waals surface area (Å²) < 4.78 is 57.4. The predicted octanol–water partition coefficient (Wildman–Crippen LogP) is 13.9. The molecule has 2 N–H and O–H groups in total. The van der Waals surface area contributed by atoms with Gasteiger partial charge in [0.15, 0.2) is 0 Å². The first-order valence-electron chi connectivity index (χ1n) is 25.5. The zero-order valence-electron chi connectivity index (χ0n) is 46.8. The van der Waals surface area contributed by atoms with E-state index in [1.165, 1.54) is 73.3 Å². The number of halogens is 6. The third kappa shape index (κ3) is 20.3. The molecule has 0 aliphatic carbocycles.